The summed E-state index contributed by atoms with van der Waals surface area (Å²) in [4.78, 5) is 0. The minimum atomic E-state index is -3.60. The van der Waals surface area contributed by atoms with Crippen LogP contribution >= 0.6 is 0 Å². The van der Waals surface area contributed by atoms with Crippen LogP contribution in [0.15, 0.2) is 18.2 Å². The normalized spacial score (nSPS) is 10.6. The lowest BCUT2D eigenvalue weighted by atomic mass is 10.1. The van der Waals surface area contributed by atoms with Crippen LogP contribution in [0, 0.1) is 22.7 Å². The SMILES string of the molecule is CN(C)S(=O)(=O)Nc1ccc(C#N)c(C#N)c1. The lowest BCUT2D eigenvalue weighted by Gasteiger charge is -2.13. The molecule has 0 radical (unpaired) electrons. The first-order valence-corrected chi connectivity index (χ1v) is 5.99. The van der Waals surface area contributed by atoms with Crippen molar-refractivity contribution in [2.75, 3.05) is 18.8 Å². The second-order valence-electron chi connectivity index (χ2n) is 3.37. The molecule has 88 valence electrons. The Hall–Kier alpha value is -2.09. The van der Waals surface area contributed by atoms with Crippen LogP contribution in [-0.4, -0.2) is 26.8 Å². The summed E-state index contributed by atoms with van der Waals surface area (Å²) >= 11 is 0. The fourth-order valence-electron chi connectivity index (χ4n) is 1.04. The van der Waals surface area contributed by atoms with Crippen molar-refractivity contribution < 1.29 is 8.42 Å². The van der Waals surface area contributed by atoms with E-state index < -0.39 is 10.2 Å². The van der Waals surface area contributed by atoms with Crippen molar-refractivity contribution in [1.29, 1.82) is 10.5 Å². The lowest BCUT2D eigenvalue weighted by molar-refractivity contribution is 0.527. The minimum Gasteiger partial charge on any atom is -0.271 e. The first kappa shape index (κ1) is 13.0. The molecular formula is C10H10N4O2S. The maximum Gasteiger partial charge on any atom is 0.301 e. The number of nitrogens with one attached hydrogen (secondary N) is 1. The highest BCUT2D eigenvalue weighted by Gasteiger charge is 2.13. The Labute approximate surface area is 99.9 Å². The number of nitrogens with zero attached hydrogens (tertiary/aromatic N) is 3. The van der Waals surface area contributed by atoms with Gasteiger partial charge >= 0.3 is 10.2 Å². The fraction of sp³-hybridized carbons (Fsp3) is 0.200. The number of benzene rings is 1. The maximum absolute atomic E-state index is 11.5. The molecule has 0 saturated heterocycles. The molecule has 0 aliphatic rings. The third-order valence-corrected chi connectivity index (χ3v) is 3.44. The van der Waals surface area contributed by atoms with Crippen molar-refractivity contribution in [3.8, 4) is 12.1 Å². The van der Waals surface area contributed by atoms with E-state index in [1.807, 2.05) is 12.1 Å². The molecule has 17 heavy (non-hydrogen) atoms. The Bertz CT molecular complexity index is 608. The van der Waals surface area contributed by atoms with Crippen molar-refractivity contribution in [1.82, 2.24) is 4.31 Å². The van der Waals surface area contributed by atoms with Crippen molar-refractivity contribution >= 4 is 15.9 Å². The largest absolute Gasteiger partial charge is 0.301 e. The van der Waals surface area contributed by atoms with Crippen LogP contribution in [0.25, 0.3) is 0 Å². The zero-order valence-corrected chi connectivity index (χ0v) is 10.1. The predicted molar refractivity (Wildman–Crippen MR) is 62.1 cm³/mol. The van der Waals surface area contributed by atoms with Gasteiger partial charge in [-0.15, -0.1) is 0 Å². The summed E-state index contributed by atoms with van der Waals surface area (Å²) in [5.74, 6) is 0. The van der Waals surface area contributed by atoms with E-state index in [1.165, 1.54) is 32.3 Å². The Kier molecular flexibility index (Phi) is 3.69. The Morgan fingerprint density at radius 3 is 2.24 bits per heavy atom. The fourth-order valence-corrected chi connectivity index (χ4v) is 1.65. The van der Waals surface area contributed by atoms with Crippen LogP contribution in [0.1, 0.15) is 11.1 Å². The van der Waals surface area contributed by atoms with Gasteiger partial charge in [-0.1, -0.05) is 0 Å². The molecular weight excluding hydrogens is 240 g/mol. The average molecular weight is 250 g/mol. The van der Waals surface area contributed by atoms with E-state index in [0.29, 0.717) is 0 Å². The van der Waals surface area contributed by atoms with Crippen LogP contribution in [0.4, 0.5) is 5.69 Å². The van der Waals surface area contributed by atoms with Crippen LogP contribution in [-0.2, 0) is 10.2 Å². The van der Waals surface area contributed by atoms with Gasteiger partial charge in [-0.3, -0.25) is 4.72 Å². The van der Waals surface area contributed by atoms with Crippen molar-refractivity contribution in [3.05, 3.63) is 29.3 Å². The molecule has 0 spiro atoms. The van der Waals surface area contributed by atoms with E-state index in [2.05, 4.69) is 4.72 Å². The Balaban J connectivity index is 3.13. The number of hydrogen-bond acceptors (Lipinski definition) is 4. The van der Waals surface area contributed by atoms with Crippen LogP contribution < -0.4 is 4.72 Å². The van der Waals surface area contributed by atoms with Crippen LogP contribution in [0.2, 0.25) is 0 Å². The van der Waals surface area contributed by atoms with E-state index >= 15 is 0 Å². The predicted octanol–water partition coefficient (Wildman–Crippen LogP) is 0.648. The first-order valence-electron chi connectivity index (χ1n) is 4.55. The van der Waals surface area contributed by atoms with Crippen molar-refractivity contribution in [3.63, 3.8) is 0 Å². The molecule has 0 aliphatic heterocycles. The molecule has 0 heterocycles. The third-order valence-electron chi connectivity index (χ3n) is 1.99. The highest BCUT2D eigenvalue weighted by molar-refractivity contribution is 7.90. The van der Waals surface area contributed by atoms with Crippen molar-refractivity contribution in [2.24, 2.45) is 0 Å². The van der Waals surface area contributed by atoms with E-state index in [4.69, 9.17) is 10.5 Å². The molecule has 0 unspecified atom stereocenters. The smallest absolute Gasteiger partial charge is 0.271 e. The number of nitriles is 2. The molecule has 0 fully saturated rings. The second-order valence-corrected chi connectivity index (χ2v) is 5.26. The zero-order chi connectivity index (χ0) is 13.1. The van der Waals surface area contributed by atoms with Gasteiger partial charge < -0.3 is 0 Å². The molecule has 0 aromatic heterocycles. The van der Waals surface area contributed by atoms with Gasteiger partial charge in [-0.05, 0) is 18.2 Å². The quantitative estimate of drug-likeness (QED) is 0.851. The number of hydrogen-bond donors (Lipinski definition) is 1. The summed E-state index contributed by atoms with van der Waals surface area (Å²) in [7, 11) is -0.833. The molecule has 6 nitrogen and oxygen atoms in total. The summed E-state index contributed by atoms with van der Waals surface area (Å²) in [5, 5.41) is 17.5. The summed E-state index contributed by atoms with van der Waals surface area (Å²) in [5.41, 5.74) is 0.584. The lowest BCUT2D eigenvalue weighted by Crippen LogP contribution is -2.28. The second kappa shape index (κ2) is 4.83. The number of anilines is 1. The molecule has 1 N–H and O–H groups in total. The van der Waals surface area contributed by atoms with E-state index in [-0.39, 0.29) is 16.8 Å². The topological polar surface area (TPSA) is 97.0 Å². The van der Waals surface area contributed by atoms with Gasteiger partial charge in [0.2, 0.25) is 0 Å². The third kappa shape index (κ3) is 2.94. The van der Waals surface area contributed by atoms with Gasteiger partial charge in [0.1, 0.15) is 12.1 Å². The summed E-state index contributed by atoms with van der Waals surface area (Å²) in [6.07, 6.45) is 0. The van der Waals surface area contributed by atoms with Gasteiger partial charge in [0.05, 0.1) is 16.8 Å². The van der Waals surface area contributed by atoms with Gasteiger partial charge in [0.15, 0.2) is 0 Å². The molecule has 1 aromatic rings. The Morgan fingerprint density at radius 2 is 1.76 bits per heavy atom. The standard InChI is InChI=1S/C10H10N4O2S/c1-14(2)17(15,16)13-10-4-3-8(6-11)9(5-10)7-12/h3-5,13H,1-2H3. The molecule has 1 rings (SSSR count). The molecule has 0 amide bonds. The summed E-state index contributed by atoms with van der Waals surface area (Å²) in [6, 6.07) is 7.83. The molecule has 0 aliphatic carbocycles. The van der Waals surface area contributed by atoms with E-state index in [9.17, 15) is 8.42 Å². The Morgan fingerprint density at radius 1 is 1.18 bits per heavy atom. The van der Waals surface area contributed by atoms with Gasteiger partial charge in [-0.2, -0.15) is 23.2 Å². The first-order chi connectivity index (χ1) is 7.90. The maximum atomic E-state index is 11.5. The van der Waals surface area contributed by atoms with Crippen molar-refractivity contribution in [2.45, 2.75) is 0 Å². The molecule has 0 bridgehead atoms. The molecule has 0 saturated carbocycles. The van der Waals surface area contributed by atoms with Crippen LogP contribution in [0.3, 0.4) is 0 Å². The highest BCUT2D eigenvalue weighted by atomic mass is 32.2. The van der Waals surface area contributed by atoms with E-state index in [0.717, 1.165) is 4.31 Å². The molecule has 0 atom stereocenters. The molecule has 7 heteroatoms. The summed E-state index contributed by atoms with van der Waals surface area (Å²) < 4.78 is 26.3. The van der Waals surface area contributed by atoms with E-state index in [1.54, 1.807) is 0 Å². The zero-order valence-electron chi connectivity index (χ0n) is 9.30. The molecule has 1 aromatic carbocycles. The minimum absolute atomic E-state index is 0.131. The number of rotatable bonds is 3. The van der Waals surface area contributed by atoms with Gasteiger partial charge in [0, 0.05) is 14.1 Å². The highest BCUT2D eigenvalue weighted by Crippen LogP contribution is 2.16. The monoisotopic (exact) mass is 250 g/mol. The van der Waals surface area contributed by atoms with Gasteiger partial charge in [0.25, 0.3) is 0 Å². The summed E-state index contributed by atoms with van der Waals surface area (Å²) in [6.45, 7) is 0. The average Bonchev–Trinajstić information content (AvgIpc) is 2.28. The van der Waals surface area contributed by atoms with Crippen LogP contribution in [0.5, 0.6) is 0 Å². The van der Waals surface area contributed by atoms with Gasteiger partial charge in [-0.25, -0.2) is 0 Å².